The second kappa shape index (κ2) is 6.28. The van der Waals surface area contributed by atoms with Crippen LogP contribution in [0.5, 0.6) is 0 Å². The zero-order valence-electron chi connectivity index (χ0n) is 9.61. The van der Waals surface area contributed by atoms with E-state index in [0.29, 0.717) is 5.56 Å². The average Bonchev–Trinajstić information content (AvgIpc) is 2.34. The Hall–Kier alpha value is -2.35. The number of nitrogens with one attached hydrogen (secondary N) is 1. The van der Waals surface area contributed by atoms with Crippen LogP contribution in [-0.4, -0.2) is 30.5 Å². The van der Waals surface area contributed by atoms with Crippen LogP contribution in [-0.2, 0) is 9.53 Å². The standard InChI is InChI=1S/C12H12N2O3/c1-9(15)13-7-3-5-10-6-4-8-14-11(10)12(16)17-2/h4,6,8H,7H2,1-2H3,(H,13,15). The molecule has 1 heterocycles. The lowest BCUT2D eigenvalue weighted by Crippen LogP contribution is -2.19. The zero-order chi connectivity index (χ0) is 12.7. The van der Waals surface area contributed by atoms with Crippen LogP contribution in [0, 0.1) is 11.8 Å². The number of methoxy groups -OCH3 is 1. The molecular formula is C12H12N2O3. The van der Waals surface area contributed by atoms with Crippen LogP contribution in [0.25, 0.3) is 0 Å². The van der Waals surface area contributed by atoms with Gasteiger partial charge in [-0.2, -0.15) is 0 Å². The van der Waals surface area contributed by atoms with Crippen molar-refractivity contribution in [1.82, 2.24) is 10.3 Å². The molecule has 0 atom stereocenters. The fourth-order valence-electron chi connectivity index (χ4n) is 1.07. The highest BCUT2D eigenvalue weighted by Gasteiger charge is 2.10. The number of aromatic nitrogens is 1. The van der Waals surface area contributed by atoms with Crippen molar-refractivity contribution in [3.05, 3.63) is 29.6 Å². The summed E-state index contributed by atoms with van der Waals surface area (Å²) >= 11 is 0. The third-order valence-electron chi connectivity index (χ3n) is 1.84. The van der Waals surface area contributed by atoms with Gasteiger partial charge in [-0.05, 0) is 12.1 Å². The summed E-state index contributed by atoms with van der Waals surface area (Å²) in [6.07, 6.45) is 1.49. The summed E-state index contributed by atoms with van der Waals surface area (Å²) < 4.78 is 4.58. The number of esters is 1. The minimum atomic E-state index is -0.533. The summed E-state index contributed by atoms with van der Waals surface area (Å²) in [6.45, 7) is 1.64. The fraction of sp³-hybridized carbons (Fsp3) is 0.250. The van der Waals surface area contributed by atoms with Crippen LogP contribution >= 0.6 is 0 Å². The number of amides is 1. The van der Waals surface area contributed by atoms with Gasteiger partial charge in [0.2, 0.25) is 5.91 Å². The molecule has 0 aliphatic rings. The van der Waals surface area contributed by atoms with E-state index >= 15 is 0 Å². The summed E-state index contributed by atoms with van der Waals surface area (Å²) in [6, 6.07) is 3.34. The number of carbonyl (C=O) groups is 2. The Morgan fingerprint density at radius 3 is 2.94 bits per heavy atom. The molecule has 0 fully saturated rings. The second-order valence-corrected chi connectivity index (χ2v) is 3.10. The van der Waals surface area contributed by atoms with Gasteiger partial charge in [0.1, 0.15) is 0 Å². The van der Waals surface area contributed by atoms with Gasteiger partial charge in [-0.15, -0.1) is 0 Å². The van der Waals surface area contributed by atoms with E-state index in [1.165, 1.54) is 20.2 Å². The Kier molecular flexibility index (Phi) is 4.70. The molecule has 5 heteroatoms. The van der Waals surface area contributed by atoms with Crippen LogP contribution in [0.3, 0.4) is 0 Å². The van der Waals surface area contributed by atoms with Gasteiger partial charge in [-0.1, -0.05) is 11.8 Å². The predicted octanol–water partition coefficient (Wildman–Crippen LogP) is 0.356. The first-order valence-corrected chi connectivity index (χ1v) is 4.91. The van der Waals surface area contributed by atoms with Gasteiger partial charge in [0.15, 0.2) is 5.69 Å². The molecule has 0 aliphatic carbocycles. The highest BCUT2D eigenvalue weighted by molar-refractivity contribution is 5.90. The van der Waals surface area contributed by atoms with E-state index in [1.807, 2.05) is 0 Å². The maximum Gasteiger partial charge on any atom is 0.357 e. The van der Waals surface area contributed by atoms with Crippen LogP contribution in [0.2, 0.25) is 0 Å². The van der Waals surface area contributed by atoms with E-state index < -0.39 is 5.97 Å². The zero-order valence-corrected chi connectivity index (χ0v) is 9.61. The van der Waals surface area contributed by atoms with Crippen molar-refractivity contribution in [2.75, 3.05) is 13.7 Å². The third kappa shape index (κ3) is 3.95. The van der Waals surface area contributed by atoms with Crippen LogP contribution in [0.1, 0.15) is 23.0 Å². The molecule has 0 aliphatic heterocycles. The van der Waals surface area contributed by atoms with Crippen molar-refractivity contribution in [2.24, 2.45) is 0 Å². The minimum Gasteiger partial charge on any atom is -0.464 e. The van der Waals surface area contributed by atoms with E-state index in [-0.39, 0.29) is 18.1 Å². The van der Waals surface area contributed by atoms with Crippen molar-refractivity contribution in [1.29, 1.82) is 0 Å². The van der Waals surface area contributed by atoms with E-state index in [1.54, 1.807) is 12.1 Å². The highest BCUT2D eigenvalue weighted by atomic mass is 16.5. The maximum absolute atomic E-state index is 11.4. The molecule has 1 aromatic heterocycles. The van der Waals surface area contributed by atoms with E-state index in [2.05, 4.69) is 26.9 Å². The number of hydrogen-bond acceptors (Lipinski definition) is 4. The maximum atomic E-state index is 11.4. The van der Waals surface area contributed by atoms with Gasteiger partial charge in [-0.3, -0.25) is 4.79 Å². The molecule has 1 amide bonds. The summed E-state index contributed by atoms with van der Waals surface area (Å²) in [5, 5.41) is 2.53. The highest BCUT2D eigenvalue weighted by Crippen LogP contribution is 2.04. The number of carbonyl (C=O) groups excluding carboxylic acids is 2. The first kappa shape index (κ1) is 12.7. The lowest BCUT2D eigenvalue weighted by Gasteiger charge is -2.00. The van der Waals surface area contributed by atoms with Crippen LogP contribution in [0.15, 0.2) is 18.3 Å². The smallest absolute Gasteiger partial charge is 0.357 e. The van der Waals surface area contributed by atoms with Crippen molar-refractivity contribution in [3.8, 4) is 11.8 Å². The molecule has 0 saturated carbocycles. The van der Waals surface area contributed by atoms with E-state index in [0.717, 1.165) is 0 Å². The number of hydrogen-bond donors (Lipinski definition) is 1. The molecule has 1 rings (SSSR count). The van der Waals surface area contributed by atoms with Gasteiger partial charge >= 0.3 is 5.97 Å². The molecule has 88 valence electrons. The minimum absolute atomic E-state index is 0.154. The largest absolute Gasteiger partial charge is 0.464 e. The Balaban J connectivity index is 2.83. The summed E-state index contributed by atoms with van der Waals surface area (Å²) in [5.41, 5.74) is 0.648. The molecule has 1 aromatic rings. The Bertz CT molecular complexity index is 486. The Labute approximate surface area is 99.2 Å². The Morgan fingerprint density at radius 1 is 1.53 bits per heavy atom. The lowest BCUT2D eigenvalue weighted by atomic mass is 10.2. The van der Waals surface area contributed by atoms with Crippen LogP contribution in [0.4, 0.5) is 0 Å². The number of ether oxygens (including phenoxy) is 1. The van der Waals surface area contributed by atoms with Crippen molar-refractivity contribution < 1.29 is 14.3 Å². The van der Waals surface area contributed by atoms with Gasteiger partial charge in [-0.25, -0.2) is 9.78 Å². The van der Waals surface area contributed by atoms with Crippen molar-refractivity contribution in [2.45, 2.75) is 6.92 Å². The molecular weight excluding hydrogens is 220 g/mol. The van der Waals surface area contributed by atoms with Crippen molar-refractivity contribution in [3.63, 3.8) is 0 Å². The van der Waals surface area contributed by atoms with Crippen molar-refractivity contribution >= 4 is 11.9 Å². The SMILES string of the molecule is COC(=O)c1ncccc1C#CCNC(C)=O. The normalized spacial score (nSPS) is 8.82. The quantitative estimate of drug-likeness (QED) is 0.590. The first-order valence-electron chi connectivity index (χ1n) is 4.91. The van der Waals surface area contributed by atoms with E-state index in [9.17, 15) is 9.59 Å². The average molecular weight is 232 g/mol. The van der Waals surface area contributed by atoms with E-state index in [4.69, 9.17) is 0 Å². The fourth-order valence-corrected chi connectivity index (χ4v) is 1.07. The van der Waals surface area contributed by atoms with Gasteiger partial charge in [0.25, 0.3) is 0 Å². The number of rotatable bonds is 2. The predicted molar refractivity (Wildman–Crippen MR) is 61.1 cm³/mol. The number of pyridine rings is 1. The molecule has 0 radical (unpaired) electrons. The second-order valence-electron chi connectivity index (χ2n) is 3.10. The monoisotopic (exact) mass is 232 g/mol. The van der Waals surface area contributed by atoms with Gasteiger partial charge in [0.05, 0.1) is 19.2 Å². The molecule has 17 heavy (non-hydrogen) atoms. The lowest BCUT2D eigenvalue weighted by molar-refractivity contribution is -0.118. The molecule has 0 unspecified atom stereocenters. The molecule has 0 bridgehead atoms. The number of nitrogens with zero attached hydrogens (tertiary/aromatic N) is 1. The van der Waals surface area contributed by atoms with Crippen LogP contribution < -0.4 is 5.32 Å². The van der Waals surface area contributed by atoms with Gasteiger partial charge in [0, 0.05) is 13.1 Å². The first-order chi connectivity index (χ1) is 8.15. The molecule has 0 spiro atoms. The summed E-state index contributed by atoms with van der Waals surface area (Å²) in [7, 11) is 1.28. The molecule has 0 aromatic carbocycles. The molecule has 0 saturated heterocycles. The molecule has 5 nitrogen and oxygen atoms in total. The summed E-state index contributed by atoms with van der Waals surface area (Å²) in [5.74, 6) is 4.79. The molecule has 1 N–H and O–H groups in total. The third-order valence-corrected chi connectivity index (χ3v) is 1.84. The topological polar surface area (TPSA) is 68.3 Å². The Morgan fingerprint density at radius 2 is 2.29 bits per heavy atom. The summed E-state index contributed by atoms with van der Waals surface area (Å²) in [4.78, 5) is 25.9. The van der Waals surface area contributed by atoms with Gasteiger partial charge < -0.3 is 10.1 Å².